The molecule has 0 aromatic heterocycles. The van der Waals surface area contributed by atoms with Gasteiger partial charge in [0.05, 0.1) is 11.0 Å². The van der Waals surface area contributed by atoms with Gasteiger partial charge in [-0.2, -0.15) is 0 Å². The third kappa shape index (κ3) is 4.21. The van der Waals surface area contributed by atoms with Gasteiger partial charge in [0.2, 0.25) is 0 Å². The Labute approximate surface area is 111 Å². The van der Waals surface area contributed by atoms with Gasteiger partial charge in [-0.3, -0.25) is 0 Å². The zero-order chi connectivity index (χ0) is 12.8. The fourth-order valence-corrected chi connectivity index (χ4v) is 4.78. The number of nitrogens with zero attached hydrogens (tertiary/aromatic N) is 1. The van der Waals surface area contributed by atoms with E-state index in [1.165, 1.54) is 25.9 Å². The number of hydrogen-bond donors (Lipinski definition) is 1. The summed E-state index contributed by atoms with van der Waals surface area (Å²) in [6, 6.07) is 0. The lowest BCUT2D eigenvalue weighted by Crippen LogP contribution is -2.38. The standard InChI is InChI=1S/C13H26N2O2S/c16-18(17)11-4-1-6-13(18)12-14-7-5-10-15-8-2-3-9-15/h13-14H,1-12H2. The fraction of sp³-hybridized carbons (Fsp3) is 1.00. The summed E-state index contributed by atoms with van der Waals surface area (Å²) >= 11 is 0. The highest BCUT2D eigenvalue weighted by atomic mass is 32.2. The van der Waals surface area contributed by atoms with Crippen LogP contribution in [0.1, 0.15) is 38.5 Å². The second-order valence-electron chi connectivity index (χ2n) is 5.59. The molecule has 0 radical (unpaired) electrons. The van der Waals surface area contributed by atoms with Crippen molar-refractivity contribution in [2.75, 3.05) is 38.5 Å². The van der Waals surface area contributed by atoms with Crippen molar-refractivity contribution in [2.24, 2.45) is 0 Å². The van der Waals surface area contributed by atoms with E-state index in [4.69, 9.17) is 0 Å². The van der Waals surface area contributed by atoms with E-state index in [0.29, 0.717) is 12.3 Å². The summed E-state index contributed by atoms with van der Waals surface area (Å²) in [5, 5.41) is 3.20. The highest BCUT2D eigenvalue weighted by molar-refractivity contribution is 7.92. The molecule has 0 aromatic carbocycles. The van der Waals surface area contributed by atoms with Crippen molar-refractivity contribution in [1.29, 1.82) is 0 Å². The van der Waals surface area contributed by atoms with Gasteiger partial charge in [0.25, 0.3) is 0 Å². The van der Waals surface area contributed by atoms with Crippen LogP contribution in [0, 0.1) is 0 Å². The minimum Gasteiger partial charge on any atom is -0.315 e. The Morgan fingerprint density at radius 2 is 1.89 bits per heavy atom. The minimum absolute atomic E-state index is 0.127. The van der Waals surface area contributed by atoms with Gasteiger partial charge in [-0.05, 0) is 58.3 Å². The molecule has 2 aliphatic heterocycles. The third-order valence-corrected chi connectivity index (χ3v) is 6.39. The fourth-order valence-electron chi connectivity index (χ4n) is 2.95. The predicted molar refractivity (Wildman–Crippen MR) is 74.6 cm³/mol. The molecule has 4 nitrogen and oxygen atoms in total. The van der Waals surface area contributed by atoms with Gasteiger partial charge in [-0.15, -0.1) is 0 Å². The van der Waals surface area contributed by atoms with E-state index in [0.717, 1.165) is 38.8 Å². The van der Waals surface area contributed by atoms with Crippen LogP contribution in [0.4, 0.5) is 0 Å². The Morgan fingerprint density at radius 3 is 2.61 bits per heavy atom. The molecule has 0 aliphatic carbocycles. The topological polar surface area (TPSA) is 49.4 Å². The molecule has 0 spiro atoms. The van der Waals surface area contributed by atoms with Crippen molar-refractivity contribution in [3.8, 4) is 0 Å². The molecule has 0 saturated carbocycles. The van der Waals surface area contributed by atoms with E-state index in [9.17, 15) is 8.42 Å². The van der Waals surface area contributed by atoms with Crippen LogP contribution in [0.2, 0.25) is 0 Å². The van der Waals surface area contributed by atoms with Crippen LogP contribution in [-0.4, -0.2) is 57.0 Å². The number of sulfone groups is 1. The zero-order valence-corrected chi connectivity index (χ0v) is 12.1. The Morgan fingerprint density at radius 1 is 1.11 bits per heavy atom. The smallest absolute Gasteiger partial charge is 0.154 e. The van der Waals surface area contributed by atoms with Crippen LogP contribution in [0.5, 0.6) is 0 Å². The van der Waals surface area contributed by atoms with E-state index in [1.807, 2.05) is 0 Å². The summed E-state index contributed by atoms with van der Waals surface area (Å²) in [5.41, 5.74) is 0. The molecule has 2 saturated heterocycles. The zero-order valence-electron chi connectivity index (χ0n) is 11.2. The first-order valence-corrected chi connectivity index (χ1v) is 9.05. The molecule has 0 amide bonds. The van der Waals surface area contributed by atoms with Crippen molar-refractivity contribution < 1.29 is 8.42 Å². The molecule has 2 aliphatic rings. The number of nitrogens with one attached hydrogen (secondary N) is 1. The first kappa shape index (κ1) is 14.3. The van der Waals surface area contributed by atoms with Gasteiger partial charge < -0.3 is 10.2 Å². The van der Waals surface area contributed by atoms with Crippen molar-refractivity contribution in [3.63, 3.8) is 0 Å². The molecule has 0 bridgehead atoms. The second-order valence-corrected chi connectivity index (χ2v) is 7.99. The van der Waals surface area contributed by atoms with Crippen LogP contribution in [0.25, 0.3) is 0 Å². The molecule has 2 fully saturated rings. The molecule has 5 heteroatoms. The Bertz CT molecular complexity index is 337. The third-order valence-electron chi connectivity index (χ3n) is 4.11. The average Bonchev–Trinajstić information content (AvgIpc) is 2.83. The summed E-state index contributed by atoms with van der Waals surface area (Å²) in [7, 11) is -2.80. The molecule has 1 atom stereocenters. The van der Waals surface area contributed by atoms with Crippen LogP contribution < -0.4 is 5.32 Å². The Balaban J connectivity index is 1.57. The molecular weight excluding hydrogens is 248 g/mol. The van der Waals surface area contributed by atoms with Gasteiger partial charge in [0.15, 0.2) is 9.84 Å². The minimum atomic E-state index is -2.80. The number of rotatable bonds is 6. The van der Waals surface area contributed by atoms with Crippen LogP contribution in [0.15, 0.2) is 0 Å². The summed E-state index contributed by atoms with van der Waals surface area (Å²) < 4.78 is 23.6. The van der Waals surface area contributed by atoms with E-state index < -0.39 is 9.84 Å². The van der Waals surface area contributed by atoms with E-state index >= 15 is 0 Å². The van der Waals surface area contributed by atoms with Crippen LogP contribution >= 0.6 is 0 Å². The summed E-state index contributed by atoms with van der Waals surface area (Å²) in [6.07, 6.45) is 6.59. The Hall–Kier alpha value is -0.130. The largest absolute Gasteiger partial charge is 0.315 e. The predicted octanol–water partition coefficient (Wildman–Crippen LogP) is 1.03. The second kappa shape index (κ2) is 6.87. The highest BCUT2D eigenvalue weighted by Gasteiger charge is 2.27. The van der Waals surface area contributed by atoms with E-state index in [2.05, 4.69) is 10.2 Å². The first-order valence-electron chi connectivity index (χ1n) is 7.33. The molecule has 0 aromatic rings. The monoisotopic (exact) mass is 274 g/mol. The number of likely N-dealkylation sites (tertiary alicyclic amines) is 1. The SMILES string of the molecule is O=S1(=O)CCCCC1CNCCCN1CCCC1. The van der Waals surface area contributed by atoms with Gasteiger partial charge in [0, 0.05) is 6.54 Å². The molecule has 2 heterocycles. The van der Waals surface area contributed by atoms with Crippen LogP contribution in [-0.2, 0) is 9.84 Å². The molecule has 18 heavy (non-hydrogen) atoms. The molecule has 1 unspecified atom stereocenters. The van der Waals surface area contributed by atoms with Gasteiger partial charge in [0.1, 0.15) is 0 Å². The highest BCUT2D eigenvalue weighted by Crippen LogP contribution is 2.18. The number of hydrogen-bond acceptors (Lipinski definition) is 4. The van der Waals surface area contributed by atoms with Crippen molar-refractivity contribution in [3.05, 3.63) is 0 Å². The Kier molecular flexibility index (Phi) is 5.45. The molecule has 106 valence electrons. The van der Waals surface area contributed by atoms with Crippen molar-refractivity contribution >= 4 is 9.84 Å². The maximum Gasteiger partial charge on any atom is 0.154 e. The quantitative estimate of drug-likeness (QED) is 0.735. The van der Waals surface area contributed by atoms with Crippen LogP contribution in [0.3, 0.4) is 0 Å². The maximum absolute atomic E-state index is 11.8. The van der Waals surface area contributed by atoms with Gasteiger partial charge in [-0.1, -0.05) is 6.42 Å². The summed E-state index contributed by atoms with van der Waals surface area (Å²) in [6.45, 7) is 5.25. The van der Waals surface area contributed by atoms with Crippen molar-refractivity contribution in [1.82, 2.24) is 10.2 Å². The van der Waals surface area contributed by atoms with Gasteiger partial charge >= 0.3 is 0 Å². The molecule has 2 rings (SSSR count). The maximum atomic E-state index is 11.8. The van der Waals surface area contributed by atoms with Crippen molar-refractivity contribution in [2.45, 2.75) is 43.8 Å². The molecule has 1 N–H and O–H groups in total. The lowest BCUT2D eigenvalue weighted by Gasteiger charge is -2.22. The lowest BCUT2D eigenvalue weighted by atomic mass is 10.2. The normalized spacial score (nSPS) is 28.6. The average molecular weight is 274 g/mol. The molecular formula is C13H26N2O2S. The lowest BCUT2D eigenvalue weighted by molar-refractivity contribution is 0.331. The summed E-state index contributed by atoms with van der Waals surface area (Å²) in [4.78, 5) is 2.50. The van der Waals surface area contributed by atoms with Gasteiger partial charge in [-0.25, -0.2) is 8.42 Å². The summed E-state index contributed by atoms with van der Waals surface area (Å²) in [5.74, 6) is 0.396. The first-order chi connectivity index (χ1) is 8.68. The van der Waals surface area contributed by atoms with E-state index in [1.54, 1.807) is 0 Å². The van der Waals surface area contributed by atoms with E-state index in [-0.39, 0.29) is 5.25 Å².